The van der Waals surface area contributed by atoms with E-state index < -0.39 is 0 Å². The highest BCUT2D eigenvalue weighted by Crippen LogP contribution is 2.10. The number of hydrogen-bond donors (Lipinski definition) is 2. The van der Waals surface area contributed by atoms with E-state index in [9.17, 15) is 4.79 Å². The minimum Gasteiger partial charge on any atom is -0.351 e. The molecule has 1 aliphatic rings. The summed E-state index contributed by atoms with van der Waals surface area (Å²) in [6.45, 7) is 9.52. The molecule has 0 aromatic carbocycles. The first kappa shape index (κ1) is 14.5. The Morgan fingerprint density at radius 2 is 2.24 bits per heavy atom. The molecule has 1 heterocycles. The Morgan fingerprint density at radius 3 is 2.82 bits per heavy atom. The Bertz CT molecular complexity index is 243. The second kappa shape index (κ2) is 6.97. The van der Waals surface area contributed by atoms with Crippen LogP contribution in [-0.4, -0.2) is 42.5 Å². The van der Waals surface area contributed by atoms with Crippen molar-refractivity contribution in [3.8, 4) is 0 Å². The molecule has 0 saturated carbocycles. The van der Waals surface area contributed by atoms with Crippen molar-refractivity contribution in [3.63, 3.8) is 0 Å². The van der Waals surface area contributed by atoms with Gasteiger partial charge in [-0.1, -0.05) is 20.8 Å². The predicted octanol–water partition coefficient (Wildman–Crippen LogP) is 0.960. The molecule has 1 rings (SSSR count). The van der Waals surface area contributed by atoms with Crippen molar-refractivity contribution in [2.75, 3.05) is 19.6 Å². The average Bonchev–Trinajstić information content (AvgIpc) is 2.28. The van der Waals surface area contributed by atoms with E-state index in [0.29, 0.717) is 5.92 Å². The van der Waals surface area contributed by atoms with E-state index in [1.165, 1.54) is 0 Å². The number of nitrogens with two attached hydrogens (primary N) is 1. The fourth-order valence-corrected chi connectivity index (χ4v) is 2.38. The van der Waals surface area contributed by atoms with Gasteiger partial charge in [-0.3, -0.25) is 4.79 Å². The van der Waals surface area contributed by atoms with E-state index in [0.717, 1.165) is 38.9 Å². The minimum atomic E-state index is -0.355. The van der Waals surface area contributed by atoms with E-state index in [1.54, 1.807) is 0 Å². The lowest BCUT2D eigenvalue weighted by molar-refractivity contribution is -0.123. The number of likely N-dealkylation sites (N-methyl/N-ethyl adjacent to an activating group) is 1. The molecule has 4 heteroatoms. The third-order valence-corrected chi connectivity index (χ3v) is 3.36. The molecule has 1 saturated heterocycles. The number of amides is 1. The van der Waals surface area contributed by atoms with Crippen LogP contribution in [-0.2, 0) is 4.79 Å². The van der Waals surface area contributed by atoms with Crippen molar-refractivity contribution in [1.82, 2.24) is 10.2 Å². The Hall–Kier alpha value is -0.610. The zero-order chi connectivity index (χ0) is 12.8. The maximum atomic E-state index is 11.9. The molecule has 17 heavy (non-hydrogen) atoms. The largest absolute Gasteiger partial charge is 0.351 e. The molecular weight excluding hydrogens is 214 g/mol. The molecule has 0 radical (unpaired) electrons. The monoisotopic (exact) mass is 241 g/mol. The Morgan fingerprint density at radius 1 is 1.53 bits per heavy atom. The summed E-state index contributed by atoms with van der Waals surface area (Å²) in [5, 5.41) is 3.08. The summed E-state index contributed by atoms with van der Waals surface area (Å²) >= 11 is 0. The van der Waals surface area contributed by atoms with E-state index in [-0.39, 0.29) is 18.0 Å². The van der Waals surface area contributed by atoms with Crippen molar-refractivity contribution < 1.29 is 4.79 Å². The van der Waals surface area contributed by atoms with Gasteiger partial charge in [0.05, 0.1) is 6.04 Å². The van der Waals surface area contributed by atoms with Gasteiger partial charge in [0.25, 0.3) is 0 Å². The number of nitrogens with zero attached hydrogens (tertiary/aromatic N) is 1. The molecule has 1 aliphatic heterocycles. The lowest BCUT2D eigenvalue weighted by Gasteiger charge is -2.32. The Labute approximate surface area is 105 Å². The quantitative estimate of drug-likeness (QED) is 0.754. The van der Waals surface area contributed by atoms with Gasteiger partial charge in [-0.05, 0) is 38.3 Å². The minimum absolute atomic E-state index is 0.0154. The summed E-state index contributed by atoms with van der Waals surface area (Å²) in [6, 6.07) is -0.0681. The highest BCUT2D eigenvalue weighted by atomic mass is 16.2. The maximum absolute atomic E-state index is 11.9. The molecule has 0 aromatic rings. The summed E-state index contributed by atoms with van der Waals surface area (Å²) in [4.78, 5) is 14.3. The molecule has 0 bridgehead atoms. The van der Waals surface area contributed by atoms with Crippen molar-refractivity contribution in [3.05, 3.63) is 0 Å². The number of nitrogens with one attached hydrogen (secondary N) is 1. The molecule has 0 spiro atoms. The van der Waals surface area contributed by atoms with Crippen molar-refractivity contribution in [2.45, 2.75) is 52.1 Å². The Balaban J connectivity index is 2.34. The molecule has 4 nitrogen and oxygen atoms in total. The number of carbonyl (C=O) groups excluding carboxylic acids is 1. The SMILES string of the molecule is CCN1CCCC(NC(=O)[C@@H](N)CC(C)C)C1. The van der Waals surface area contributed by atoms with Gasteiger partial charge in [0.15, 0.2) is 0 Å². The molecule has 1 fully saturated rings. The third kappa shape index (κ3) is 5.04. The standard InChI is InChI=1S/C13H27N3O/c1-4-16-7-5-6-11(9-16)15-13(17)12(14)8-10(2)3/h10-12H,4-9,14H2,1-3H3,(H,15,17)/t11?,12-/m0/s1. The topological polar surface area (TPSA) is 58.4 Å². The molecule has 2 atom stereocenters. The molecule has 1 amide bonds. The van der Waals surface area contributed by atoms with Gasteiger partial charge < -0.3 is 16.0 Å². The van der Waals surface area contributed by atoms with Crippen molar-refractivity contribution in [2.24, 2.45) is 11.7 Å². The first-order chi connectivity index (χ1) is 8.02. The summed E-state index contributed by atoms with van der Waals surface area (Å²) in [7, 11) is 0. The molecule has 0 aliphatic carbocycles. The van der Waals surface area contributed by atoms with Crippen LogP contribution in [0.3, 0.4) is 0 Å². The van der Waals surface area contributed by atoms with E-state index in [2.05, 4.69) is 31.0 Å². The van der Waals surface area contributed by atoms with Gasteiger partial charge >= 0.3 is 0 Å². The zero-order valence-electron chi connectivity index (χ0n) is 11.4. The van der Waals surface area contributed by atoms with E-state index >= 15 is 0 Å². The van der Waals surface area contributed by atoms with Crippen LogP contribution in [0.1, 0.15) is 40.0 Å². The lowest BCUT2D eigenvalue weighted by atomic mass is 10.0. The van der Waals surface area contributed by atoms with Gasteiger partial charge in [-0.25, -0.2) is 0 Å². The number of likely N-dealkylation sites (tertiary alicyclic amines) is 1. The van der Waals surface area contributed by atoms with Crippen LogP contribution in [0.15, 0.2) is 0 Å². The third-order valence-electron chi connectivity index (χ3n) is 3.36. The predicted molar refractivity (Wildman–Crippen MR) is 70.7 cm³/mol. The van der Waals surface area contributed by atoms with Crippen LogP contribution < -0.4 is 11.1 Å². The first-order valence-corrected chi connectivity index (χ1v) is 6.81. The van der Waals surface area contributed by atoms with Crippen molar-refractivity contribution >= 4 is 5.91 Å². The molecule has 3 N–H and O–H groups in total. The molecule has 0 aromatic heterocycles. The highest BCUT2D eigenvalue weighted by molar-refractivity contribution is 5.81. The average molecular weight is 241 g/mol. The maximum Gasteiger partial charge on any atom is 0.237 e. The lowest BCUT2D eigenvalue weighted by Crippen LogP contribution is -2.52. The highest BCUT2D eigenvalue weighted by Gasteiger charge is 2.23. The van der Waals surface area contributed by atoms with Gasteiger partial charge in [0.1, 0.15) is 0 Å². The van der Waals surface area contributed by atoms with Gasteiger partial charge in [0, 0.05) is 12.6 Å². The molecule has 1 unspecified atom stereocenters. The van der Waals surface area contributed by atoms with Crippen LogP contribution in [0.2, 0.25) is 0 Å². The normalized spacial score (nSPS) is 23.7. The summed E-state index contributed by atoms with van der Waals surface area (Å²) < 4.78 is 0. The van der Waals surface area contributed by atoms with Crippen LogP contribution >= 0.6 is 0 Å². The van der Waals surface area contributed by atoms with Gasteiger partial charge in [-0.15, -0.1) is 0 Å². The van der Waals surface area contributed by atoms with Crippen LogP contribution in [0.4, 0.5) is 0 Å². The second-order valence-corrected chi connectivity index (χ2v) is 5.48. The van der Waals surface area contributed by atoms with Gasteiger partial charge in [0.2, 0.25) is 5.91 Å². The molecular formula is C13H27N3O. The number of hydrogen-bond acceptors (Lipinski definition) is 3. The van der Waals surface area contributed by atoms with Crippen LogP contribution in [0.25, 0.3) is 0 Å². The van der Waals surface area contributed by atoms with Crippen molar-refractivity contribution in [1.29, 1.82) is 0 Å². The fourth-order valence-electron chi connectivity index (χ4n) is 2.38. The smallest absolute Gasteiger partial charge is 0.237 e. The zero-order valence-corrected chi connectivity index (χ0v) is 11.4. The second-order valence-electron chi connectivity index (χ2n) is 5.48. The summed E-state index contributed by atoms with van der Waals surface area (Å²) in [5.74, 6) is 0.482. The van der Waals surface area contributed by atoms with Gasteiger partial charge in [-0.2, -0.15) is 0 Å². The van der Waals surface area contributed by atoms with E-state index in [4.69, 9.17) is 5.73 Å². The van der Waals surface area contributed by atoms with E-state index in [1.807, 2.05) is 0 Å². The molecule has 100 valence electrons. The first-order valence-electron chi connectivity index (χ1n) is 6.81. The summed E-state index contributed by atoms with van der Waals surface area (Å²) in [6.07, 6.45) is 3.00. The van der Waals surface area contributed by atoms with Crippen LogP contribution in [0, 0.1) is 5.92 Å². The fraction of sp³-hybridized carbons (Fsp3) is 0.923. The summed E-state index contributed by atoms with van der Waals surface area (Å²) in [5.41, 5.74) is 5.88. The number of piperidine rings is 1. The number of carbonyl (C=O) groups is 1. The Kier molecular flexibility index (Phi) is 5.92. The van der Waals surface area contributed by atoms with Crippen LogP contribution in [0.5, 0.6) is 0 Å². The number of rotatable bonds is 5.